The Labute approximate surface area is 215 Å². The number of carboxylic acids is 2. The molecule has 0 amide bonds. The zero-order valence-electron chi connectivity index (χ0n) is 20.3. The predicted octanol–water partition coefficient (Wildman–Crippen LogP) is 3.67. The van der Waals surface area contributed by atoms with Crippen LogP contribution in [0.3, 0.4) is 0 Å². The van der Waals surface area contributed by atoms with Gasteiger partial charge in [0.2, 0.25) is 0 Å². The van der Waals surface area contributed by atoms with Crippen LogP contribution < -0.4 is 14.2 Å². The Balaban J connectivity index is 1.90. The molecule has 194 valence electrons. The number of methoxy groups -OCH3 is 2. The number of allylic oxidation sites excluding steroid dienone is 1. The Hall–Kier alpha value is -5.19. The number of hydrogen-bond acceptors (Lipinski definition) is 9. The lowest BCUT2D eigenvalue weighted by Gasteiger charge is -2.16. The summed E-state index contributed by atoms with van der Waals surface area (Å²) in [6.07, 6.45) is -0.194. The van der Waals surface area contributed by atoms with E-state index in [4.69, 9.17) is 23.9 Å². The number of carboxylic acid groups (broad SMARTS) is 2. The minimum Gasteiger partial charge on any atom is -0.497 e. The molecule has 0 aliphatic rings. The normalized spacial score (nSPS) is 11.5. The van der Waals surface area contributed by atoms with E-state index in [9.17, 15) is 19.5 Å². The monoisotopic (exact) mass is 518 g/mol. The fraction of sp³-hybridized carbons (Fsp3) is 0.148. The second kappa shape index (κ2) is 11.2. The number of nitrogens with zero attached hydrogens (tertiary/aromatic N) is 2. The third kappa shape index (κ3) is 5.62. The minimum atomic E-state index is -1.35. The third-order valence-corrected chi connectivity index (χ3v) is 5.68. The highest BCUT2D eigenvalue weighted by molar-refractivity contribution is 6.26. The quantitative estimate of drug-likeness (QED) is 0.220. The van der Waals surface area contributed by atoms with Gasteiger partial charge in [-0.05, 0) is 63.9 Å². The van der Waals surface area contributed by atoms with Crippen molar-refractivity contribution in [2.75, 3.05) is 20.8 Å². The van der Waals surface area contributed by atoms with Gasteiger partial charge >= 0.3 is 11.9 Å². The molecule has 11 heteroatoms. The highest BCUT2D eigenvalue weighted by Gasteiger charge is 2.26. The largest absolute Gasteiger partial charge is 0.497 e. The van der Waals surface area contributed by atoms with Crippen molar-refractivity contribution < 1.29 is 43.4 Å². The van der Waals surface area contributed by atoms with Crippen LogP contribution in [0.25, 0.3) is 16.6 Å². The molecule has 0 spiro atoms. The maximum absolute atomic E-state index is 13.8. The van der Waals surface area contributed by atoms with E-state index >= 15 is 0 Å². The molecule has 1 aromatic heterocycles. The summed E-state index contributed by atoms with van der Waals surface area (Å²) in [5, 5.41) is 26.9. The van der Waals surface area contributed by atoms with Gasteiger partial charge in [0.15, 0.2) is 12.4 Å². The number of ether oxygens (including phenoxy) is 3. The van der Waals surface area contributed by atoms with Gasteiger partial charge in [-0.15, -0.1) is 0 Å². The first kappa shape index (κ1) is 25.9. The summed E-state index contributed by atoms with van der Waals surface area (Å²) >= 11 is 0. The Morgan fingerprint density at radius 2 is 1.47 bits per heavy atom. The lowest BCUT2D eigenvalue weighted by Crippen LogP contribution is -2.15. The zero-order chi connectivity index (χ0) is 27.2. The van der Waals surface area contributed by atoms with E-state index in [1.165, 1.54) is 50.6 Å². The van der Waals surface area contributed by atoms with Crippen LogP contribution in [0.5, 0.6) is 17.2 Å². The van der Waals surface area contributed by atoms with E-state index in [0.29, 0.717) is 28.1 Å². The molecular formula is C27H22N2O9. The van der Waals surface area contributed by atoms with Crippen LogP contribution in [0, 0.1) is 0 Å². The molecular weight excluding hydrogens is 496 g/mol. The third-order valence-electron chi connectivity index (χ3n) is 5.68. The van der Waals surface area contributed by atoms with Crippen LogP contribution in [-0.2, 0) is 16.0 Å². The van der Waals surface area contributed by atoms with Gasteiger partial charge in [-0.25, -0.2) is 14.2 Å². The van der Waals surface area contributed by atoms with E-state index in [2.05, 4.69) is 10.3 Å². The number of Topliss-reactive ketones (excluding diaryl/α,β-unsaturated/α-hetero) is 1. The fourth-order valence-electron chi connectivity index (χ4n) is 3.84. The van der Waals surface area contributed by atoms with E-state index < -0.39 is 24.3 Å². The number of carbonyl (C=O) groups excluding carboxylic acids is 1. The van der Waals surface area contributed by atoms with Gasteiger partial charge in [0.05, 0.1) is 19.8 Å². The number of fused-ring (bicyclic) bond motifs is 1. The molecule has 0 atom stereocenters. The number of ketones is 1. The van der Waals surface area contributed by atoms with Gasteiger partial charge < -0.3 is 24.4 Å². The first-order chi connectivity index (χ1) is 18.3. The Morgan fingerprint density at radius 1 is 0.816 bits per heavy atom. The molecule has 3 aromatic carbocycles. The summed E-state index contributed by atoms with van der Waals surface area (Å²) in [6, 6.07) is 15.4. The number of aliphatic carboxylic acids is 2. The van der Waals surface area contributed by atoms with E-state index in [1.807, 2.05) is 0 Å². The minimum absolute atomic E-state index is 0.0659. The van der Waals surface area contributed by atoms with Crippen molar-refractivity contribution in [2.24, 2.45) is 0 Å². The maximum Gasteiger partial charge on any atom is 0.341 e. The van der Waals surface area contributed by atoms with Crippen LogP contribution in [-0.4, -0.2) is 59.1 Å². The van der Waals surface area contributed by atoms with Crippen molar-refractivity contribution in [2.45, 2.75) is 6.42 Å². The van der Waals surface area contributed by atoms with Crippen molar-refractivity contribution in [3.8, 4) is 17.2 Å². The van der Waals surface area contributed by atoms with Gasteiger partial charge in [-0.3, -0.25) is 4.79 Å². The fourth-order valence-corrected chi connectivity index (χ4v) is 3.84. The first-order valence-electron chi connectivity index (χ1n) is 11.2. The Morgan fingerprint density at radius 3 is 2.13 bits per heavy atom. The smallest absolute Gasteiger partial charge is 0.341 e. The molecule has 0 saturated carbocycles. The summed E-state index contributed by atoms with van der Waals surface area (Å²) in [4.78, 5) is 37.6. The van der Waals surface area contributed by atoms with Crippen LogP contribution in [0.15, 0.2) is 70.9 Å². The zero-order valence-corrected chi connectivity index (χ0v) is 20.3. The molecule has 0 radical (unpaired) electrons. The number of benzene rings is 3. The highest BCUT2D eigenvalue weighted by atomic mass is 16.6. The van der Waals surface area contributed by atoms with Crippen LogP contribution in [0.2, 0.25) is 0 Å². The van der Waals surface area contributed by atoms with Crippen molar-refractivity contribution in [3.63, 3.8) is 0 Å². The molecule has 4 aromatic rings. The first-order valence-corrected chi connectivity index (χ1v) is 11.2. The molecule has 4 rings (SSSR count). The molecule has 0 bridgehead atoms. The van der Waals surface area contributed by atoms with Crippen LogP contribution in [0.4, 0.5) is 0 Å². The standard InChI is InChI=1S/C27H22N2O9/c1-35-18-7-3-15(4-8-18)26(32)20(11-16-5-9-19(36-2)13-23(16)37-14-24(30)31)25(27(33)34)17-6-10-21-22(12-17)29-38-28-21/h3-10,12-13H,11,14H2,1-2H3,(H,30,31)(H,33,34). The summed E-state index contributed by atoms with van der Waals surface area (Å²) < 4.78 is 20.5. The molecule has 1 heterocycles. The summed E-state index contributed by atoms with van der Waals surface area (Å²) in [7, 11) is 2.92. The van der Waals surface area contributed by atoms with Gasteiger partial charge in [-0.2, -0.15) is 0 Å². The van der Waals surface area contributed by atoms with E-state index in [-0.39, 0.29) is 34.4 Å². The van der Waals surface area contributed by atoms with Crippen LogP contribution >= 0.6 is 0 Å². The van der Waals surface area contributed by atoms with Crippen molar-refractivity contribution in [1.29, 1.82) is 0 Å². The average molecular weight is 518 g/mol. The van der Waals surface area contributed by atoms with Crippen molar-refractivity contribution in [1.82, 2.24) is 10.3 Å². The Kier molecular flexibility index (Phi) is 7.66. The summed E-state index contributed by atoms with van der Waals surface area (Å²) in [5.74, 6) is -2.06. The molecule has 2 N–H and O–H groups in total. The highest BCUT2D eigenvalue weighted by Crippen LogP contribution is 2.32. The second-order valence-electron chi connectivity index (χ2n) is 8.02. The topological polar surface area (TPSA) is 158 Å². The molecule has 0 unspecified atom stereocenters. The molecule has 11 nitrogen and oxygen atoms in total. The lowest BCUT2D eigenvalue weighted by atomic mass is 9.89. The molecule has 0 aliphatic heterocycles. The number of rotatable bonds is 11. The molecule has 0 aliphatic carbocycles. The van der Waals surface area contributed by atoms with Gasteiger partial charge in [0, 0.05) is 23.6 Å². The van der Waals surface area contributed by atoms with Crippen LogP contribution in [0.1, 0.15) is 21.5 Å². The maximum atomic E-state index is 13.8. The van der Waals surface area contributed by atoms with Gasteiger partial charge in [0.25, 0.3) is 0 Å². The van der Waals surface area contributed by atoms with E-state index in [0.717, 1.165) is 0 Å². The van der Waals surface area contributed by atoms with Crippen molar-refractivity contribution >= 4 is 34.3 Å². The Bertz CT molecular complexity index is 1540. The predicted molar refractivity (Wildman–Crippen MR) is 134 cm³/mol. The van der Waals surface area contributed by atoms with Crippen molar-refractivity contribution in [3.05, 3.63) is 82.9 Å². The summed E-state index contributed by atoms with van der Waals surface area (Å²) in [5.41, 5.74) is 1.21. The average Bonchev–Trinajstić information content (AvgIpc) is 3.39. The van der Waals surface area contributed by atoms with Gasteiger partial charge in [0.1, 0.15) is 28.3 Å². The number of carbonyl (C=O) groups is 3. The number of hydrogen-bond donors (Lipinski definition) is 2. The molecule has 0 saturated heterocycles. The SMILES string of the molecule is COc1ccc(C(=O)C(Cc2ccc(OC)cc2OCC(=O)O)=C(C(=O)O)c2ccc3nonc3c2)cc1. The summed E-state index contributed by atoms with van der Waals surface area (Å²) in [6.45, 7) is -0.646. The second-order valence-corrected chi connectivity index (χ2v) is 8.02. The van der Waals surface area contributed by atoms with Gasteiger partial charge in [-0.1, -0.05) is 12.1 Å². The van der Waals surface area contributed by atoms with E-state index in [1.54, 1.807) is 24.3 Å². The molecule has 0 fully saturated rings. The molecule has 38 heavy (non-hydrogen) atoms. The number of aromatic nitrogens is 2. The lowest BCUT2D eigenvalue weighted by molar-refractivity contribution is -0.139.